The summed E-state index contributed by atoms with van der Waals surface area (Å²) in [5, 5.41) is 0. The number of ether oxygens (including phenoxy) is 1. The Balaban J connectivity index is 2.70. The standard InChI is InChI=1S/C7H7NO2/c9-6-1-3-8-7-5(6)2-4-10-7/h1,3H,2,4H2,(H,8,9). The highest BCUT2D eigenvalue weighted by atomic mass is 16.5. The number of aromatic nitrogens is 1. The monoisotopic (exact) mass is 137 g/mol. The summed E-state index contributed by atoms with van der Waals surface area (Å²) in [6.45, 7) is 0.630. The molecular weight excluding hydrogens is 130 g/mol. The lowest BCUT2D eigenvalue weighted by Gasteiger charge is -1.94. The summed E-state index contributed by atoms with van der Waals surface area (Å²) < 4.78 is 5.12. The van der Waals surface area contributed by atoms with Crippen LogP contribution in [0.1, 0.15) is 5.56 Å². The maximum absolute atomic E-state index is 11.0. The Hall–Kier alpha value is -1.25. The van der Waals surface area contributed by atoms with Crippen LogP contribution in [0.5, 0.6) is 5.88 Å². The quantitative estimate of drug-likeness (QED) is 0.559. The smallest absolute Gasteiger partial charge is 0.198 e. The van der Waals surface area contributed by atoms with Gasteiger partial charge in [-0.3, -0.25) is 4.79 Å². The van der Waals surface area contributed by atoms with Crippen molar-refractivity contribution >= 4 is 0 Å². The minimum atomic E-state index is 0.0752. The number of fused-ring (bicyclic) bond motifs is 1. The van der Waals surface area contributed by atoms with Crippen LogP contribution in [0, 0.1) is 0 Å². The van der Waals surface area contributed by atoms with Crippen molar-refractivity contribution in [2.75, 3.05) is 6.61 Å². The van der Waals surface area contributed by atoms with Crippen molar-refractivity contribution in [1.29, 1.82) is 0 Å². The first-order chi connectivity index (χ1) is 4.88. The number of nitrogens with one attached hydrogen (secondary N) is 1. The molecule has 1 aliphatic heterocycles. The predicted octanol–water partition coefficient (Wildman–Crippen LogP) is 0.310. The van der Waals surface area contributed by atoms with Crippen molar-refractivity contribution < 1.29 is 4.74 Å². The topological polar surface area (TPSA) is 42.1 Å². The van der Waals surface area contributed by atoms with Gasteiger partial charge in [0.2, 0.25) is 0 Å². The Morgan fingerprint density at radius 1 is 1.60 bits per heavy atom. The lowest BCUT2D eigenvalue weighted by molar-refractivity contribution is 0.345. The third kappa shape index (κ3) is 0.635. The van der Waals surface area contributed by atoms with Gasteiger partial charge >= 0.3 is 0 Å². The Kier molecular flexibility index (Phi) is 1.03. The average molecular weight is 137 g/mol. The van der Waals surface area contributed by atoms with E-state index in [0.717, 1.165) is 12.0 Å². The number of H-pyrrole nitrogens is 1. The zero-order valence-corrected chi connectivity index (χ0v) is 5.39. The zero-order chi connectivity index (χ0) is 6.97. The minimum absolute atomic E-state index is 0.0752. The van der Waals surface area contributed by atoms with Crippen LogP contribution in [-0.4, -0.2) is 11.6 Å². The van der Waals surface area contributed by atoms with E-state index in [1.165, 1.54) is 6.07 Å². The fraction of sp³-hybridized carbons (Fsp3) is 0.286. The summed E-state index contributed by atoms with van der Waals surface area (Å²) in [7, 11) is 0. The fourth-order valence-electron chi connectivity index (χ4n) is 1.11. The van der Waals surface area contributed by atoms with Gasteiger partial charge in [0.25, 0.3) is 0 Å². The van der Waals surface area contributed by atoms with Crippen molar-refractivity contribution in [2.24, 2.45) is 0 Å². The second-order valence-electron chi connectivity index (χ2n) is 2.25. The van der Waals surface area contributed by atoms with E-state index in [2.05, 4.69) is 4.98 Å². The molecule has 52 valence electrons. The Morgan fingerprint density at radius 3 is 3.30 bits per heavy atom. The molecule has 3 nitrogen and oxygen atoms in total. The fourth-order valence-corrected chi connectivity index (χ4v) is 1.11. The molecule has 3 heteroatoms. The lowest BCUT2D eigenvalue weighted by atomic mass is 10.2. The van der Waals surface area contributed by atoms with Crippen molar-refractivity contribution in [3.63, 3.8) is 0 Å². The maximum atomic E-state index is 11.0. The summed E-state index contributed by atoms with van der Waals surface area (Å²) in [6, 6.07) is 1.52. The van der Waals surface area contributed by atoms with Crippen LogP contribution in [0.3, 0.4) is 0 Å². The first kappa shape index (κ1) is 5.53. The molecule has 0 fully saturated rings. The Morgan fingerprint density at radius 2 is 2.50 bits per heavy atom. The first-order valence-corrected chi connectivity index (χ1v) is 3.21. The summed E-state index contributed by atoms with van der Waals surface area (Å²) in [6.07, 6.45) is 2.35. The van der Waals surface area contributed by atoms with Crippen LogP contribution >= 0.6 is 0 Å². The van der Waals surface area contributed by atoms with Crippen LogP contribution < -0.4 is 10.2 Å². The van der Waals surface area contributed by atoms with E-state index in [9.17, 15) is 4.79 Å². The van der Waals surface area contributed by atoms with E-state index in [1.807, 2.05) is 0 Å². The summed E-state index contributed by atoms with van der Waals surface area (Å²) >= 11 is 0. The van der Waals surface area contributed by atoms with Crippen LogP contribution in [0.25, 0.3) is 0 Å². The number of aromatic amines is 1. The van der Waals surface area contributed by atoms with E-state index in [-0.39, 0.29) is 5.43 Å². The molecule has 0 radical (unpaired) electrons. The largest absolute Gasteiger partial charge is 0.478 e. The average Bonchev–Trinajstić information content (AvgIpc) is 2.36. The second kappa shape index (κ2) is 1.87. The number of hydrogen-bond donors (Lipinski definition) is 1. The molecule has 0 atom stereocenters. The molecule has 10 heavy (non-hydrogen) atoms. The third-order valence-electron chi connectivity index (χ3n) is 1.62. The van der Waals surface area contributed by atoms with Gasteiger partial charge in [-0.25, -0.2) is 0 Å². The molecule has 0 bridgehead atoms. The molecule has 0 unspecified atom stereocenters. The Labute approximate surface area is 57.7 Å². The van der Waals surface area contributed by atoms with Crippen LogP contribution in [0.4, 0.5) is 0 Å². The van der Waals surface area contributed by atoms with E-state index >= 15 is 0 Å². The highest BCUT2D eigenvalue weighted by molar-refractivity contribution is 5.28. The normalized spacial score (nSPS) is 14.4. The number of hydrogen-bond acceptors (Lipinski definition) is 2. The van der Waals surface area contributed by atoms with Gasteiger partial charge in [0.15, 0.2) is 11.3 Å². The van der Waals surface area contributed by atoms with Crippen molar-refractivity contribution in [1.82, 2.24) is 4.98 Å². The van der Waals surface area contributed by atoms with E-state index in [0.29, 0.717) is 12.5 Å². The highest BCUT2D eigenvalue weighted by Crippen LogP contribution is 2.16. The van der Waals surface area contributed by atoms with Gasteiger partial charge in [-0.05, 0) is 0 Å². The van der Waals surface area contributed by atoms with Crippen LogP contribution in [-0.2, 0) is 6.42 Å². The number of pyridine rings is 1. The highest BCUT2D eigenvalue weighted by Gasteiger charge is 2.13. The molecule has 0 aromatic carbocycles. The minimum Gasteiger partial charge on any atom is -0.478 e. The molecule has 1 aromatic rings. The predicted molar refractivity (Wildman–Crippen MR) is 36.3 cm³/mol. The molecular formula is C7H7NO2. The maximum Gasteiger partial charge on any atom is 0.198 e. The third-order valence-corrected chi connectivity index (χ3v) is 1.62. The summed E-state index contributed by atoms with van der Waals surface area (Å²) in [5.74, 6) is 0.646. The first-order valence-electron chi connectivity index (χ1n) is 3.21. The Bertz CT molecular complexity index is 303. The molecule has 1 N–H and O–H groups in total. The van der Waals surface area contributed by atoms with Gasteiger partial charge in [-0.15, -0.1) is 0 Å². The van der Waals surface area contributed by atoms with Gasteiger partial charge in [0.05, 0.1) is 12.2 Å². The van der Waals surface area contributed by atoms with Crippen LogP contribution in [0.2, 0.25) is 0 Å². The van der Waals surface area contributed by atoms with E-state index < -0.39 is 0 Å². The van der Waals surface area contributed by atoms with Crippen molar-refractivity contribution in [2.45, 2.75) is 6.42 Å². The summed E-state index contributed by atoms with van der Waals surface area (Å²) in [5.41, 5.74) is 0.855. The van der Waals surface area contributed by atoms with Crippen molar-refractivity contribution in [3.05, 3.63) is 28.0 Å². The molecule has 0 saturated heterocycles. The molecule has 0 amide bonds. The van der Waals surface area contributed by atoms with Gasteiger partial charge < -0.3 is 9.72 Å². The van der Waals surface area contributed by atoms with Crippen molar-refractivity contribution in [3.8, 4) is 5.88 Å². The molecule has 2 rings (SSSR count). The van der Waals surface area contributed by atoms with Gasteiger partial charge in [0, 0.05) is 18.7 Å². The molecule has 2 heterocycles. The zero-order valence-electron chi connectivity index (χ0n) is 5.39. The molecule has 0 spiro atoms. The van der Waals surface area contributed by atoms with E-state index in [4.69, 9.17) is 4.74 Å². The lowest BCUT2D eigenvalue weighted by Crippen LogP contribution is -2.04. The van der Waals surface area contributed by atoms with Gasteiger partial charge in [-0.2, -0.15) is 0 Å². The molecule has 1 aliphatic rings. The SMILES string of the molecule is O=c1cc[nH]c2c1CCO2. The molecule has 0 saturated carbocycles. The van der Waals surface area contributed by atoms with Gasteiger partial charge in [0.1, 0.15) is 0 Å². The second-order valence-corrected chi connectivity index (χ2v) is 2.25. The van der Waals surface area contributed by atoms with E-state index in [1.54, 1.807) is 6.20 Å². The molecule has 1 aromatic heterocycles. The van der Waals surface area contributed by atoms with Crippen LogP contribution in [0.15, 0.2) is 17.1 Å². The summed E-state index contributed by atoms with van der Waals surface area (Å²) in [4.78, 5) is 13.9. The van der Waals surface area contributed by atoms with Gasteiger partial charge in [-0.1, -0.05) is 0 Å². The number of rotatable bonds is 0. The molecule has 0 aliphatic carbocycles.